The van der Waals surface area contributed by atoms with E-state index in [1.807, 2.05) is 12.1 Å². The molecule has 0 amide bonds. The maximum absolute atomic E-state index is 11.2. The van der Waals surface area contributed by atoms with Gasteiger partial charge in [0.05, 0.1) is 4.90 Å². The van der Waals surface area contributed by atoms with Crippen molar-refractivity contribution in [3.63, 3.8) is 0 Å². The van der Waals surface area contributed by atoms with Crippen molar-refractivity contribution in [2.24, 2.45) is 17.0 Å². The first-order chi connectivity index (χ1) is 9.52. The monoisotopic (exact) mass is 294 g/mol. The summed E-state index contributed by atoms with van der Waals surface area (Å²) >= 11 is 0. The molecule has 20 heavy (non-hydrogen) atoms. The van der Waals surface area contributed by atoms with Crippen LogP contribution in [0.2, 0.25) is 0 Å². The summed E-state index contributed by atoms with van der Waals surface area (Å²) < 4.78 is 22.3. The number of benzene rings is 1. The number of rotatable bonds is 5. The van der Waals surface area contributed by atoms with Crippen molar-refractivity contribution < 1.29 is 8.42 Å². The zero-order valence-corrected chi connectivity index (χ0v) is 12.4. The molecule has 5 heteroatoms. The fourth-order valence-corrected chi connectivity index (χ4v) is 4.26. The van der Waals surface area contributed by atoms with Crippen molar-refractivity contribution in [2.75, 3.05) is 6.54 Å². The van der Waals surface area contributed by atoms with Gasteiger partial charge in [-0.25, -0.2) is 13.6 Å². The normalized spacial score (nSPS) is 28.9. The molecular formula is C15H22N2O2S. The third kappa shape index (κ3) is 3.05. The minimum absolute atomic E-state index is 0.183. The van der Waals surface area contributed by atoms with E-state index < -0.39 is 10.0 Å². The van der Waals surface area contributed by atoms with E-state index in [9.17, 15) is 8.42 Å². The van der Waals surface area contributed by atoms with Crippen molar-refractivity contribution in [1.82, 2.24) is 5.32 Å². The smallest absolute Gasteiger partial charge is 0.238 e. The molecule has 2 aliphatic carbocycles. The Kier molecular flexibility index (Phi) is 3.84. The average molecular weight is 294 g/mol. The second kappa shape index (κ2) is 5.47. The van der Waals surface area contributed by atoms with E-state index in [-0.39, 0.29) is 4.90 Å². The fraction of sp³-hybridized carbons (Fsp3) is 0.600. The van der Waals surface area contributed by atoms with Crippen LogP contribution >= 0.6 is 0 Å². The summed E-state index contributed by atoms with van der Waals surface area (Å²) in [5.41, 5.74) is 1.15. The molecule has 4 nitrogen and oxygen atoms in total. The molecule has 1 aromatic rings. The first-order valence-electron chi connectivity index (χ1n) is 7.37. The minimum Gasteiger partial charge on any atom is -0.313 e. The molecule has 3 atom stereocenters. The third-order valence-electron chi connectivity index (χ3n) is 4.81. The molecule has 110 valence electrons. The molecule has 1 aromatic carbocycles. The Balaban J connectivity index is 1.49. The SMILES string of the molecule is NS(=O)(=O)c1ccc(CCNC2CC3CCC2C3)cc1. The number of primary sulfonamides is 1. The zero-order chi connectivity index (χ0) is 14.2. The Labute approximate surface area is 120 Å². The molecule has 0 heterocycles. The summed E-state index contributed by atoms with van der Waals surface area (Å²) in [5.74, 6) is 1.86. The molecule has 0 aromatic heterocycles. The Bertz CT molecular complexity index is 568. The largest absolute Gasteiger partial charge is 0.313 e. The van der Waals surface area contributed by atoms with Gasteiger partial charge in [-0.15, -0.1) is 0 Å². The lowest BCUT2D eigenvalue weighted by atomic mass is 9.95. The van der Waals surface area contributed by atoms with Gasteiger partial charge in [-0.05, 0) is 61.8 Å². The Morgan fingerprint density at radius 3 is 2.45 bits per heavy atom. The first-order valence-corrected chi connectivity index (χ1v) is 8.92. The molecule has 0 aliphatic heterocycles. The molecule has 0 radical (unpaired) electrons. The van der Waals surface area contributed by atoms with Crippen molar-refractivity contribution in [3.8, 4) is 0 Å². The lowest BCUT2D eigenvalue weighted by Gasteiger charge is -2.22. The van der Waals surface area contributed by atoms with Crippen molar-refractivity contribution >= 4 is 10.0 Å². The maximum atomic E-state index is 11.2. The first kappa shape index (κ1) is 14.0. The van der Waals surface area contributed by atoms with Gasteiger partial charge >= 0.3 is 0 Å². The molecule has 2 saturated carbocycles. The number of nitrogens with one attached hydrogen (secondary N) is 1. The lowest BCUT2D eigenvalue weighted by molar-refractivity contribution is 0.354. The maximum Gasteiger partial charge on any atom is 0.238 e. The van der Waals surface area contributed by atoms with Crippen LogP contribution in [0.3, 0.4) is 0 Å². The van der Waals surface area contributed by atoms with E-state index in [1.165, 1.54) is 25.7 Å². The predicted octanol–water partition coefficient (Wildman–Crippen LogP) is 1.65. The quantitative estimate of drug-likeness (QED) is 0.867. The minimum atomic E-state index is -3.57. The van der Waals surface area contributed by atoms with Gasteiger partial charge in [0.2, 0.25) is 10.0 Å². The van der Waals surface area contributed by atoms with Crippen LogP contribution in [0, 0.1) is 11.8 Å². The summed E-state index contributed by atoms with van der Waals surface area (Å²) in [6.07, 6.45) is 6.51. The molecule has 3 unspecified atom stereocenters. The Hall–Kier alpha value is -0.910. The summed E-state index contributed by atoms with van der Waals surface area (Å²) in [5, 5.41) is 8.75. The summed E-state index contributed by atoms with van der Waals surface area (Å²) in [4.78, 5) is 0.183. The molecule has 0 spiro atoms. The van der Waals surface area contributed by atoms with Crippen molar-refractivity contribution in [1.29, 1.82) is 0 Å². The fourth-order valence-electron chi connectivity index (χ4n) is 3.74. The summed E-state index contributed by atoms with van der Waals surface area (Å²) in [6.45, 7) is 0.961. The molecule has 3 N–H and O–H groups in total. The van der Waals surface area contributed by atoms with Gasteiger partial charge in [-0.1, -0.05) is 18.6 Å². The summed E-state index contributed by atoms with van der Waals surface area (Å²) in [7, 11) is -3.57. The van der Waals surface area contributed by atoms with E-state index in [4.69, 9.17) is 5.14 Å². The number of nitrogens with two attached hydrogens (primary N) is 1. The van der Waals surface area contributed by atoms with Gasteiger partial charge < -0.3 is 5.32 Å². The molecule has 3 rings (SSSR count). The van der Waals surface area contributed by atoms with E-state index in [0.29, 0.717) is 6.04 Å². The third-order valence-corrected chi connectivity index (χ3v) is 5.74. The highest BCUT2D eigenvalue weighted by Crippen LogP contribution is 2.44. The number of hydrogen-bond donors (Lipinski definition) is 2. The number of sulfonamides is 1. The second-order valence-electron chi connectivity index (χ2n) is 6.17. The molecule has 0 saturated heterocycles. The van der Waals surface area contributed by atoms with Crippen LogP contribution < -0.4 is 10.5 Å². The van der Waals surface area contributed by atoms with Gasteiger partial charge in [0.25, 0.3) is 0 Å². The Morgan fingerprint density at radius 2 is 1.90 bits per heavy atom. The highest BCUT2D eigenvalue weighted by Gasteiger charge is 2.38. The predicted molar refractivity (Wildman–Crippen MR) is 78.8 cm³/mol. The van der Waals surface area contributed by atoms with E-state index in [1.54, 1.807) is 12.1 Å². The number of fused-ring (bicyclic) bond motifs is 2. The van der Waals surface area contributed by atoms with Gasteiger partial charge in [-0.3, -0.25) is 0 Å². The van der Waals surface area contributed by atoms with Gasteiger partial charge in [0, 0.05) is 6.04 Å². The Morgan fingerprint density at radius 1 is 1.15 bits per heavy atom. The van der Waals surface area contributed by atoms with Crippen LogP contribution in [0.4, 0.5) is 0 Å². The highest BCUT2D eigenvalue weighted by atomic mass is 32.2. The zero-order valence-electron chi connectivity index (χ0n) is 11.6. The molecule has 2 bridgehead atoms. The molecule has 2 aliphatic rings. The van der Waals surface area contributed by atoms with Crippen LogP contribution in [-0.4, -0.2) is 21.0 Å². The topological polar surface area (TPSA) is 72.2 Å². The van der Waals surface area contributed by atoms with Crippen LogP contribution in [0.5, 0.6) is 0 Å². The van der Waals surface area contributed by atoms with Crippen LogP contribution in [0.1, 0.15) is 31.2 Å². The number of hydrogen-bond acceptors (Lipinski definition) is 3. The molecular weight excluding hydrogens is 272 g/mol. The summed E-state index contributed by atoms with van der Waals surface area (Å²) in [6, 6.07) is 7.58. The van der Waals surface area contributed by atoms with Gasteiger partial charge in [0.15, 0.2) is 0 Å². The van der Waals surface area contributed by atoms with Crippen molar-refractivity contribution in [3.05, 3.63) is 29.8 Å². The highest BCUT2D eigenvalue weighted by molar-refractivity contribution is 7.89. The van der Waals surface area contributed by atoms with Crippen LogP contribution in [0.25, 0.3) is 0 Å². The lowest BCUT2D eigenvalue weighted by Crippen LogP contribution is -2.35. The standard InChI is InChI=1S/C15H22N2O2S/c16-20(18,19)14-5-2-11(3-6-14)7-8-17-15-10-12-1-4-13(15)9-12/h2-3,5-6,12-13,15,17H,1,4,7-10H2,(H2,16,18,19). The molecule has 2 fully saturated rings. The van der Waals surface area contributed by atoms with Gasteiger partial charge in [0.1, 0.15) is 0 Å². The van der Waals surface area contributed by atoms with Gasteiger partial charge in [-0.2, -0.15) is 0 Å². The van der Waals surface area contributed by atoms with Crippen LogP contribution in [0.15, 0.2) is 29.2 Å². The van der Waals surface area contributed by atoms with Crippen molar-refractivity contribution in [2.45, 2.75) is 43.0 Å². The van der Waals surface area contributed by atoms with E-state index in [0.717, 1.165) is 30.4 Å². The van der Waals surface area contributed by atoms with Crippen LogP contribution in [-0.2, 0) is 16.4 Å². The second-order valence-corrected chi connectivity index (χ2v) is 7.74. The average Bonchev–Trinajstić information content (AvgIpc) is 3.00. The van der Waals surface area contributed by atoms with E-state index in [2.05, 4.69) is 5.32 Å². The van der Waals surface area contributed by atoms with E-state index >= 15 is 0 Å².